The fraction of sp³-hybridized carbons (Fsp3) is 0.429. The predicted molar refractivity (Wildman–Crippen MR) is 88.7 cm³/mol. The Hall–Kier alpha value is -1.34. The number of rotatable bonds is 9. The van der Waals surface area contributed by atoms with Gasteiger partial charge in [-0.25, -0.2) is 9.36 Å². The first-order chi connectivity index (χ1) is 11.0. The fourth-order valence-corrected chi connectivity index (χ4v) is 2.94. The minimum atomic E-state index is -3.86. The second-order valence-corrected chi connectivity index (χ2v) is 6.48. The normalized spacial score (nSPS) is 12.1. The van der Waals surface area contributed by atoms with Crippen LogP contribution in [-0.4, -0.2) is 38.3 Å². The molecule has 128 valence electrons. The van der Waals surface area contributed by atoms with Crippen molar-refractivity contribution in [2.24, 2.45) is 5.16 Å². The molecule has 1 rings (SSSR count). The fourth-order valence-electron chi connectivity index (χ4n) is 1.54. The maximum Gasteiger partial charge on any atom is 0.550 e. The quantitative estimate of drug-likeness (QED) is 0.219. The first-order valence-corrected chi connectivity index (χ1v) is 9.56. The monoisotopic (exact) mass is 361 g/mol. The van der Waals surface area contributed by atoms with Crippen LogP contribution in [0.1, 0.15) is 19.4 Å². The number of nitrogens with zero attached hydrogens (tertiary/aromatic N) is 1. The first-order valence-electron chi connectivity index (χ1n) is 6.88. The van der Waals surface area contributed by atoms with Crippen molar-refractivity contribution in [3.05, 3.63) is 29.8 Å². The van der Waals surface area contributed by atoms with Gasteiger partial charge in [0, 0.05) is 10.5 Å². The van der Waals surface area contributed by atoms with Crippen LogP contribution in [0.5, 0.6) is 0 Å². The lowest BCUT2D eigenvalue weighted by Crippen LogP contribution is -2.17. The van der Waals surface area contributed by atoms with Crippen molar-refractivity contribution in [2.45, 2.75) is 18.7 Å². The second-order valence-electron chi connectivity index (χ2n) is 4.02. The zero-order valence-corrected chi connectivity index (χ0v) is 15.2. The van der Waals surface area contributed by atoms with E-state index in [4.69, 9.17) is 13.7 Å². The molecule has 0 bridgehead atoms. The van der Waals surface area contributed by atoms with Crippen LogP contribution in [0.25, 0.3) is 0 Å². The van der Waals surface area contributed by atoms with Crippen LogP contribution in [0, 0.1) is 0 Å². The molecule has 0 amide bonds. The highest BCUT2D eigenvalue weighted by atomic mass is 32.2. The third-order valence-corrected chi connectivity index (χ3v) is 4.72. The molecular formula is C14H20NO6PS. The molecule has 0 spiro atoms. The van der Waals surface area contributed by atoms with E-state index >= 15 is 0 Å². The predicted octanol–water partition coefficient (Wildman–Crippen LogP) is 3.48. The van der Waals surface area contributed by atoms with Crippen LogP contribution in [0.2, 0.25) is 0 Å². The molecule has 0 N–H and O–H groups in total. The number of carbonyl (C=O) groups excluding carboxylic acids is 1. The maximum absolute atomic E-state index is 12.2. The molecule has 0 aliphatic carbocycles. The van der Waals surface area contributed by atoms with E-state index in [1.807, 2.05) is 18.4 Å². The van der Waals surface area contributed by atoms with E-state index in [0.717, 1.165) is 4.90 Å². The van der Waals surface area contributed by atoms with Gasteiger partial charge in [0.15, 0.2) is 5.71 Å². The van der Waals surface area contributed by atoms with Crippen LogP contribution in [-0.2, 0) is 27.8 Å². The lowest BCUT2D eigenvalue weighted by atomic mass is 10.1. The molecule has 0 aliphatic rings. The highest BCUT2D eigenvalue weighted by Gasteiger charge is 2.28. The minimum absolute atomic E-state index is 0.114. The largest absolute Gasteiger partial charge is 0.550 e. The maximum atomic E-state index is 12.2. The molecule has 0 unspecified atom stereocenters. The SMILES string of the molecule is CCOP(=O)(OCC)ON=C(C(=O)OC)c1ccc(SC)cc1. The standard InChI is InChI=1S/C14H20NO6PS/c1-5-19-22(17,20-6-2)21-15-13(14(16)18-3)11-7-9-12(23-4)10-8-11/h7-10H,5-6H2,1-4H3. The van der Waals surface area contributed by atoms with Crippen molar-refractivity contribution in [1.29, 1.82) is 0 Å². The first kappa shape index (κ1) is 19.7. The number of ether oxygens (including phenoxy) is 1. The molecule has 9 heteroatoms. The van der Waals surface area contributed by atoms with Crippen molar-refractivity contribution in [3.8, 4) is 0 Å². The van der Waals surface area contributed by atoms with Crippen molar-refractivity contribution in [3.63, 3.8) is 0 Å². The second kappa shape index (κ2) is 9.72. The van der Waals surface area contributed by atoms with Crippen molar-refractivity contribution >= 4 is 31.3 Å². The number of methoxy groups -OCH3 is 1. The van der Waals surface area contributed by atoms with Gasteiger partial charge in [0.25, 0.3) is 0 Å². The highest BCUT2D eigenvalue weighted by molar-refractivity contribution is 7.98. The van der Waals surface area contributed by atoms with Crippen molar-refractivity contribution in [2.75, 3.05) is 26.6 Å². The number of hydrogen-bond acceptors (Lipinski definition) is 8. The molecule has 0 fully saturated rings. The molecule has 0 saturated carbocycles. The smallest absolute Gasteiger partial charge is 0.464 e. The van der Waals surface area contributed by atoms with Crippen LogP contribution in [0.3, 0.4) is 0 Å². The van der Waals surface area contributed by atoms with Gasteiger partial charge < -0.3 is 4.74 Å². The van der Waals surface area contributed by atoms with E-state index in [2.05, 4.69) is 9.89 Å². The lowest BCUT2D eigenvalue weighted by Gasteiger charge is -2.13. The Labute approximate surface area is 139 Å². The summed E-state index contributed by atoms with van der Waals surface area (Å²) < 4.78 is 31.7. The average Bonchev–Trinajstić information content (AvgIpc) is 2.55. The van der Waals surface area contributed by atoms with Gasteiger partial charge in [-0.2, -0.15) is 0 Å². The Bertz CT molecular complexity index is 579. The Morgan fingerprint density at radius 3 is 2.17 bits per heavy atom. The van der Waals surface area contributed by atoms with E-state index in [0.29, 0.717) is 5.56 Å². The number of phosphoric acid groups is 1. The zero-order chi connectivity index (χ0) is 17.3. The van der Waals surface area contributed by atoms with Crippen molar-refractivity contribution < 1.29 is 27.8 Å². The summed E-state index contributed by atoms with van der Waals surface area (Å²) in [5.74, 6) is -0.721. The van der Waals surface area contributed by atoms with E-state index in [1.165, 1.54) is 7.11 Å². The minimum Gasteiger partial charge on any atom is -0.464 e. The summed E-state index contributed by atoms with van der Waals surface area (Å²) in [5, 5.41) is 3.65. The molecule has 0 radical (unpaired) electrons. The van der Waals surface area contributed by atoms with Gasteiger partial charge in [-0.3, -0.25) is 13.7 Å². The average molecular weight is 361 g/mol. The Balaban J connectivity index is 3.09. The van der Waals surface area contributed by atoms with Crippen LogP contribution in [0.4, 0.5) is 0 Å². The van der Waals surface area contributed by atoms with Gasteiger partial charge in [0.2, 0.25) is 0 Å². The molecule has 0 aliphatic heterocycles. The summed E-state index contributed by atoms with van der Waals surface area (Å²) in [6.45, 7) is 3.51. The molecule has 0 saturated heterocycles. The third kappa shape index (κ3) is 5.99. The number of thioether (sulfide) groups is 1. The molecule has 0 heterocycles. The molecule has 0 atom stereocenters. The topological polar surface area (TPSA) is 83.4 Å². The third-order valence-electron chi connectivity index (χ3n) is 2.55. The van der Waals surface area contributed by atoms with E-state index in [-0.39, 0.29) is 18.9 Å². The molecule has 23 heavy (non-hydrogen) atoms. The molecular weight excluding hydrogens is 341 g/mol. The highest BCUT2D eigenvalue weighted by Crippen LogP contribution is 2.49. The van der Waals surface area contributed by atoms with Crippen LogP contribution < -0.4 is 0 Å². The van der Waals surface area contributed by atoms with Gasteiger partial charge >= 0.3 is 13.8 Å². The Morgan fingerprint density at radius 2 is 1.74 bits per heavy atom. The molecule has 7 nitrogen and oxygen atoms in total. The summed E-state index contributed by atoms with van der Waals surface area (Å²) in [4.78, 5) is 12.9. The van der Waals surface area contributed by atoms with Gasteiger partial charge in [-0.15, -0.1) is 11.8 Å². The summed E-state index contributed by atoms with van der Waals surface area (Å²) in [6, 6.07) is 7.03. The number of benzene rings is 1. The summed E-state index contributed by atoms with van der Waals surface area (Å²) in [5.41, 5.74) is 0.342. The van der Waals surface area contributed by atoms with Gasteiger partial charge in [0.1, 0.15) is 0 Å². The van der Waals surface area contributed by atoms with Crippen LogP contribution >= 0.6 is 19.6 Å². The summed E-state index contributed by atoms with van der Waals surface area (Å²) in [6.07, 6.45) is 1.94. The molecule has 1 aromatic carbocycles. The molecule has 1 aromatic rings. The number of phosphoric ester groups is 1. The number of oxime groups is 1. The number of esters is 1. The zero-order valence-electron chi connectivity index (χ0n) is 13.5. The van der Waals surface area contributed by atoms with Crippen molar-refractivity contribution in [1.82, 2.24) is 0 Å². The van der Waals surface area contributed by atoms with Gasteiger partial charge in [0.05, 0.1) is 20.3 Å². The Morgan fingerprint density at radius 1 is 1.17 bits per heavy atom. The van der Waals surface area contributed by atoms with E-state index in [9.17, 15) is 9.36 Å². The number of carbonyl (C=O) groups is 1. The lowest BCUT2D eigenvalue weighted by molar-refractivity contribution is -0.132. The Kier molecular flexibility index (Phi) is 8.33. The summed E-state index contributed by atoms with van der Waals surface area (Å²) >= 11 is 1.56. The molecule has 0 aromatic heterocycles. The van der Waals surface area contributed by atoms with E-state index in [1.54, 1.807) is 37.7 Å². The van der Waals surface area contributed by atoms with Crippen LogP contribution in [0.15, 0.2) is 34.3 Å². The number of hydrogen-bond donors (Lipinski definition) is 0. The summed E-state index contributed by atoms with van der Waals surface area (Å²) in [7, 11) is -2.64. The van der Waals surface area contributed by atoms with E-state index < -0.39 is 13.8 Å². The van der Waals surface area contributed by atoms with Gasteiger partial charge in [-0.05, 0) is 32.2 Å². The van der Waals surface area contributed by atoms with Gasteiger partial charge in [-0.1, -0.05) is 17.3 Å².